The zero-order valence-electron chi connectivity index (χ0n) is 13.7. The summed E-state index contributed by atoms with van der Waals surface area (Å²) in [5.41, 5.74) is 0.892. The maximum absolute atomic E-state index is 11.7. The van der Waals surface area contributed by atoms with Gasteiger partial charge < -0.3 is 19.5 Å². The van der Waals surface area contributed by atoms with Crippen molar-refractivity contribution in [3.63, 3.8) is 0 Å². The summed E-state index contributed by atoms with van der Waals surface area (Å²) in [7, 11) is 1.51. The van der Waals surface area contributed by atoms with Gasteiger partial charge in [0.15, 0.2) is 24.7 Å². The molecule has 2 aromatic carbocycles. The fourth-order valence-corrected chi connectivity index (χ4v) is 2.04. The molecule has 1 N–H and O–H groups in total. The second-order valence-electron chi connectivity index (χ2n) is 5.00. The highest BCUT2D eigenvalue weighted by molar-refractivity contribution is 6.30. The molecule has 0 aliphatic rings. The van der Waals surface area contributed by atoms with Crippen molar-refractivity contribution in [2.24, 2.45) is 0 Å². The van der Waals surface area contributed by atoms with Gasteiger partial charge in [0.05, 0.1) is 7.11 Å². The van der Waals surface area contributed by atoms with Crippen LogP contribution in [0.15, 0.2) is 48.5 Å². The van der Waals surface area contributed by atoms with E-state index in [0.29, 0.717) is 23.1 Å². The highest BCUT2D eigenvalue weighted by Crippen LogP contribution is 2.25. The molecule has 132 valence electrons. The third-order valence-electron chi connectivity index (χ3n) is 3.18. The molecule has 1 amide bonds. The lowest BCUT2D eigenvalue weighted by atomic mass is 10.2. The van der Waals surface area contributed by atoms with Gasteiger partial charge in [-0.05, 0) is 29.8 Å². The number of rotatable bonds is 8. The molecule has 0 aromatic heterocycles. The zero-order valence-corrected chi connectivity index (χ0v) is 14.4. The van der Waals surface area contributed by atoms with E-state index in [1.807, 2.05) is 0 Å². The molecule has 7 heteroatoms. The molecular formula is C18H18ClNO5. The molecule has 0 saturated heterocycles. The van der Waals surface area contributed by atoms with Crippen LogP contribution in [0.25, 0.3) is 0 Å². The lowest BCUT2D eigenvalue weighted by Gasteiger charge is -2.10. The first kappa shape index (κ1) is 18.6. The zero-order chi connectivity index (χ0) is 18.1. The summed E-state index contributed by atoms with van der Waals surface area (Å²) < 4.78 is 15.3. The summed E-state index contributed by atoms with van der Waals surface area (Å²) in [6.07, 6.45) is 0. The Hall–Kier alpha value is -2.73. The Morgan fingerprint density at radius 1 is 1.00 bits per heavy atom. The van der Waals surface area contributed by atoms with Crippen molar-refractivity contribution in [3.05, 3.63) is 59.1 Å². The molecule has 0 aliphatic carbocycles. The van der Waals surface area contributed by atoms with Crippen LogP contribution in [-0.2, 0) is 20.9 Å². The largest absolute Gasteiger partial charge is 0.493 e. The average molecular weight is 364 g/mol. The molecule has 0 saturated carbocycles. The first-order valence-electron chi connectivity index (χ1n) is 7.51. The summed E-state index contributed by atoms with van der Waals surface area (Å²) in [6.45, 7) is -0.363. The van der Waals surface area contributed by atoms with E-state index in [1.54, 1.807) is 48.5 Å². The van der Waals surface area contributed by atoms with Gasteiger partial charge in [-0.15, -0.1) is 0 Å². The number of carbonyl (C=O) groups excluding carboxylic acids is 2. The van der Waals surface area contributed by atoms with Gasteiger partial charge in [0.2, 0.25) is 0 Å². The fraction of sp³-hybridized carbons (Fsp3) is 0.222. The van der Waals surface area contributed by atoms with Gasteiger partial charge in [-0.3, -0.25) is 4.79 Å². The van der Waals surface area contributed by atoms with E-state index in [2.05, 4.69) is 5.32 Å². The molecule has 0 fully saturated rings. The van der Waals surface area contributed by atoms with Crippen molar-refractivity contribution in [2.45, 2.75) is 6.54 Å². The molecule has 0 bridgehead atoms. The van der Waals surface area contributed by atoms with Crippen LogP contribution >= 0.6 is 11.6 Å². The number of para-hydroxylation sites is 2. The lowest BCUT2D eigenvalue weighted by Crippen LogP contribution is -2.29. The van der Waals surface area contributed by atoms with E-state index in [0.717, 1.165) is 5.56 Å². The third-order valence-corrected chi connectivity index (χ3v) is 3.43. The van der Waals surface area contributed by atoms with Crippen molar-refractivity contribution >= 4 is 23.5 Å². The Balaban J connectivity index is 1.68. The second kappa shape index (κ2) is 9.54. The predicted octanol–water partition coefficient (Wildman–Crippen LogP) is 2.59. The second-order valence-corrected chi connectivity index (χ2v) is 5.44. The Kier molecular flexibility index (Phi) is 7.10. The summed E-state index contributed by atoms with van der Waals surface area (Å²) >= 11 is 5.79. The summed E-state index contributed by atoms with van der Waals surface area (Å²) in [6, 6.07) is 14.0. The van der Waals surface area contributed by atoms with Gasteiger partial charge in [-0.25, -0.2) is 4.79 Å². The van der Waals surface area contributed by atoms with Crippen LogP contribution in [0.5, 0.6) is 11.5 Å². The Bertz CT molecular complexity index is 718. The van der Waals surface area contributed by atoms with E-state index in [1.165, 1.54) is 7.11 Å². The maximum atomic E-state index is 11.7. The molecule has 2 rings (SSSR count). The van der Waals surface area contributed by atoms with Gasteiger partial charge >= 0.3 is 5.97 Å². The highest BCUT2D eigenvalue weighted by Gasteiger charge is 2.10. The van der Waals surface area contributed by atoms with Crippen LogP contribution in [0.1, 0.15) is 5.56 Å². The highest BCUT2D eigenvalue weighted by atomic mass is 35.5. The molecule has 0 unspecified atom stereocenters. The minimum Gasteiger partial charge on any atom is -0.493 e. The van der Waals surface area contributed by atoms with Crippen molar-refractivity contribution in [2.75, 3.05) is 20.3 Å². The summed E-state index contributed by atoms with van der Waals surface area (Å²) in [4.78, 5) is 23.3. The topological polar surface area (TPSA) is 73.9 Å². The summed E-state index contributed by atoms with van der Waals surface area (Å²) in [5.74, 6) is -0.113. The Labute approximate surface area is 150 Å². The van der Waals surface area contributed by atoms with Gasteiger partial charge in [0.1, 0.15) is 0 Å². The number of nitrogens with one attached hydrogen (secondary N) is 1. The van der Waals surface area contributed by atoms with Crippen molar-refractivity contribution in [3.8, 4) is 11.5 Å². The van der Waals surface area contributed by atoms with Crippen LogP contribution in [-0.4, -0.2) is 32.2 Å². The van der Waals surface area contributed by atoms with Crippen LogP contribution in [0.2, 0.25) is 5.02 Å². The van der Waals surface area contributed by atoms with Crippen molar-refractivity contribution in [1.82, 2.24) is 5.32 Å². The maximum Gasteiger partial charge on any atom is 0.344 e. The van der Waals surface area contributed by atoms with E-state index >= 15 is 0 Å². The standard InChI is InChI=1S/C18H18ClNO5/c1-23-15-4-2-3-5-16(15)24-12-18(22)25-11-17(21)20-10-13-6-8-14(19)9-7-13/h2-9H,10-12H2,1H3,(H,20,21). The quantitative estimate of drug-likeness (QED) is 0.730. The number of esters is 1. The molecule has 6 nitrogen and oxygen atoms in total. The number of benzene rings is 2. The number of ether oxygens (including phenoxy) is 3. The third kappa shape index (κ3) is 6.35. The summed E-state index contributed by atoms with van der Waals surface area (Å²) in [5, 5.41) is 3.27. The Morgan fingerprint density at radius 3 is 2.36 bits per heavy atom. The van der Waals surface area contributed by atoms with Crippen LogP contribution < -0.4 is 14.8 Å². The smallest absolute Gasteiger partial charge is 0.344 e. The van der Waals surface area contributed by atoms with Crippen LogP contribution in [0, 0.1) is 0 Å². The average Bonchev–Trinajstić information content (AvgIpc) is 2.64. The van der Waals surface area contributed by atoms with Gasteiger partial charge in [-0.2, -0.15) is 0 Å². The fourth-order valence-electron chi connectivity index (χ4n) is 1.92. The Morgan fingerprint density at radius 2 is 1.68 bits per heavy atom. The van der Waals surface area contributed by atoms with Crippen LogP contribution in [0.4, 0.5) is 0 Å². The molecule has 0 heterocycles. The molecule has 25 heavy (non-hydrogen) atoms. The van der Waals surface area contributed by atoms with E-state index in [9.17, 15) is 9.59 Å². The molecule has 0 aliphatic heterocycles. The van der Waals surface area contributed by atoms with Gasteiger partial charge in [0.25, 0.3) is 5.91 Å². The first-order valence-corrected chi connectivity index (χ1v) is 7.89. The molecule has 0 radical (unpaired) electrons. The number of halogens is 1. The minimum atomic E-state index is -0.646. The molecule has 0 spiro atoms. The molecular weight excluding hydrogens is 346 g/mol. The number of hydrogen-bond donors (Lipinski definition) is 1. The van der Waals surface area contributed by atoms with E-state index < -0.39 is 11.9 Å². The monoisotopic (exact) mass is 363 g/mol. The number of carbonyl (C=O) groups is 2. The van der Waals surface area contributed by atoms with Crippen LogP contribution in [0.3, 0.4) is 0 Å². The van der Waals surface area contributed by atoms with Crippen molar-refractivity contribution in [1.29, 1.82) is 0 Å². The first-order chi connectivity index (χ1) is 12.1. The normalized spacial score (nSPS) is 10.0. The van der Waals surface area contributed by atoms with Gasteiger partial charge in [-0.1, -0.05) is 35.9 Å². The number of hydrogen-bond acceptors (Lipinski definition) is 5. The SMILES string of the molecule is COc1ccccc1OCC(=O)OCC(=O)NCc1ccc(Cl)cc1. The van der Waals surface area contributed by atoms with Gasteiger partial charge in [0, 0.05) is 11.6 Å². The lowest BCUT2D eigenvalue weighted by molar-refractivity contribution is -0.150. The number of amides is 1. The molecule has 2 aromatic rings. The predicted molar refractivity (Wildman–Crippen MR) is 92.7 cm³/mol. The van der Waals surface area contributed by atoms with E-state index in [-0.39, 0.29) is 13.2 Å². The van der Waals surface area contributed by atoms with E-state index in [4.69, 9.17) is 25.8 Å². The molecule has 0 atom stereocenters. The number of methoxy groups -OCH3 is 1. The minimum absolute atomic E-state index is 0.315. The van der Waals surface area contributed by atoms with Crippen molar-refractivity contribution < 1.29 is 23.8 Å².